The van der Waals surface area contributed by atoms with Gasteiger partial charge in [0.2, 0.25) is 5.09 Å². The van der Waals surface area contributed by atoms with Crippen molar-refractivity contribution < 1.29 is 26.0 Å². The van der Waals surface area contributed by atoms with Crippen molar-refractivity contribution in [3.05, 3.63) is 71.5 Å². The molecule has 0 saturated heterocycles. The molecule has 12 heteroatoms. The minimum Gasteiger partial charge on any atom is -0.447 e. The number of primary amides is 1. The number of aryl methyl sites for hydroxylation is 1. The van der Waals surface area contributed by atoms with Gasteiger partial charge in [-0.1, -0.05) is 43.9 Å². The quantitative estimate of drug-likeness (QED) is 0.250. The van der Waals surface area contributed by atoms with E-state index in [-0.39, 0.29) is 21.9 Å². The zero-order valence-corrected chi connectivity index (χ0v) is 23.6. The van der Waals surface area contributed by atoms with Gasteiger partial charge in [-0.15, -0.1) is 0 Å². The van der Waals surface area contributed by atoms with Gasteiger partial charge in [0, 0.05) is 24.3 Å². The maximum atomic E-state index is 13.1. The molecule has 1 aromatic heterocycles. The number of benzene rings is 2. The summed E-state index contributed by atoms with van der Waals surface area (Å²) in [5.41, 5.74) is 6.60. The topological polar surface area (TPSA) is 161 Å². The van der Waals surface area contributed by atoms with Crippen LogP contribution in [0.5, 0.6) is 0 Å². The van der Waals surface area contributed by atoms with E-state index in [2.05, 4.69) is 21.7 Å². The molecule has 2 aromatic carbocycles. The third-order valence-electron chi connectivity index (χ3n) is 6.91. The standard InChI is InChI=1S/C27H34N4O6S2/c1-18(15-20-7-3-4-8-20)29-17-21-9-5-6-10-25(21)31-38(33,34)23-13-11-22(12-14-23)30-39(35,36)26-16-24(27(28)32)19(2)37-26/h5-6,9-14,16,18,20,29-31H,3-4,7-8,15,17H2,1-2H3,(H2,28,32)/t18-/m0/s1. The number of sulfonamides is 2. The average molecular weight is 575 g/mol. The zero-order valence-electron chi connectivity index (χ0n) is 21.9. The van der Waals surface area contributed by atoms with Crippen LogP contribution in [0.4, 0.5) is 11.4 Å². The maximum Gasteiger partial charge on any atom is 0.295 e. The summed E-state index contributed by atoms with van der Waals surface area (Å²) in [4.78, 5) is 11.4. The molecule has 3 aromatic rings. The van der Waals surface area contributed by atoms with Gasteiger partial charge in [0.1, 0.15) is 5.76 Å². The highest BCUT2D eigenvalue weighted by atomic mass is 32.2. The first-order chi connectivity index (χ1) is 18.4. The summed E-state index contributed by atoms with van der Waals surface area (Å²) in [6.45, 7) is 4.11. The fourth-order valence-electron chi connectivity index (χ4n) is 4.83. The Morgan fingerprint density at radius 3 is 2.31 bits per heavy atom. The number of amides is 1. The van der Waals surface area contributed by atoms with Gasteiger partial charge in [-0.3, -0.25) is 14.2 Å². The highest BCUT2D eigenvalue weighted by Crippen LogP contribution is 2.29. The van der Waals surface area contributed by atoms with Crippen LogP contribution in [0, 0.1) is 12.8 Å². The molecule has 5 N–H and O–H groups in total. The molecule has 0 radical (unpaired) electrons. The van der Waals surface area contributed by atoms with Gasteiger partial charge in [0.15, 0.2) is 0 Å². The van der Waals surface area contributed by atoms with Crippen LogP contribution in [0.3, 0.4) is 0 Å². The van der Waals surface area contributed by atoms with Crippen molar-refractivity contribution in [1.82, 2.24) is 5.32 Å². The lowest BCUT2D eigenvalue weighted by atomic mass is 9.99. The van der Waals surface area contributed by atoms with Crippen molar-refractivity contribution in [3.63, 3.8) is 0 Å². The van der Waals surface area contributed by atoms with Crippen LogP contribution in [-0.2, 0) is 26.6 Å². The normalized spacial score (nSPS) is 15.2. The smallest absolute Gasteiger partial charge is 0.295 e. The highest BCUT2D eigenvalue weighted by molar-refractivity contribution is 7.93. The van der Waals surface area contributed by atoms with E-state index in [1.54, 1.807) is 12.1 Å². The molecule has 1 fully saturated rings. The molecule has 0 aliphatic heterocycles. The predicted octanol–water partition coefficient (Wildman–Crippen LogP) is 4.35. The van der Waals surface area contributed by atoms with Gasteiger partial charge in [-0.05, 0) is 62.1 Å². The summed E-state index contributed by atoms with van der Waals surface area (Å²) in [6.07, 6.45) is 6.27. The molecule has 1 aliphatic rings. The number of carbonyl (C=O) groups excluding carboxylic acids is 1. The molecule has 1 amide bonds. The fourth-order valence-corrected chi connectivity index (χ4v) is 6.99. The zero-order chi connectivity index (χ0) is 28.2. The lowest BCUT2D eigenvalue weighted by Crippen LogP contribution is -2.28. The monoisotopic (exact) mass is 574 g/mol. The lowest BCUT2D eigenvalue weighted by molar-refractivity contribution is 0.0999. The number of hydrogen-bond donors (Lipinski definition) is 4. The highest BCUT2D eigenvalue weighted by Gasteiger charge is 2.24. The molecule has 1 atom stereocenters. The summed E-state index contributed by atoms with van der Waals surface area (Å²) in [5.74, 6) is 0.0225. The van der Waals surface area contributed by atoms with E-state index in [1.807, 2.05) is 12.1 Å². The SMILES string of the molecule is Cc1oc(S(=O)(=O)Nc2ccc(S(=O)(=O)Nc3ccccc3CN[C@@H](C)CC3CCCC3)cc2)cc1C(N)=O. The van der Waals surface area contributed by atoms with Crippen molar-refractivity contribution in [2.24, 2.45) is 11.7 Å². The van der Waals surface area contributed by atoms with Crippen LogP contribution in [0.2, 0.25) is 0 Å². The molecule has 0 spiro atoms. The largest absolute Gasteiger partial charge is 0.447 e. The van der Waals surface area contributed by atoms with E-state index < -0.39 is 31.0 Å². The van der Waals surface area contributed by atoms with Gasteiger partial charge in [0.05, 0.1) is 16.1 Å². The minimum absolute atomic E-state index is 0.0346. The van der Waals surface area contributed by atoms with Crippen molar-refractivity contribution in [2.75, 3.05) is 9.44 Å². The number of hydrogen-bond acceptors (Lipinski definition) is 7. The third-order valence-corrected chi connectivity index (χ3v) is 9.52. The fraction of sp³-hybridized carbons (Fsp3) is 0.370. The van der Waals surface area contributed by atoms with Crippen molar-refractivity contribution in [2.45, 2.75) is 68.5 Å². The summed E-state index contributed by atoms with van der Waals surface area (Å²) in [7, 11) is -8.11. The number of nitrogens with two attached hydrogens (primary N) is 1. The number of nitrogens with one attached hydrogen (secondary N) is 3. The van der Waals surface area contributed by atoms with E-state index in [0.717, 1.165) is 24.0 Å². The first-order valence-electron chi connectivity index (χ1n) is 12.8. The molecule has 1 heterocycles. The van der Waals surface area contributed by atoms with Crippen molar-refractivity contribution >= 4 is 37.3 Å². The molecule has 39 heavy (non-hydrogen) atoms. The second kappa shape index (κ2) is 11.8. The van der Waals surface area contributed by atoms with Gasteiger partial charge >= 0.3 is 0 Å². The number of anilines is 2. The molecule has 0 bridgehead atoms. The Labute approximate surface area is 229 Å². The Bertz CT molecular complexity index is 1530. The van der Waals surface area contributed by atoms with Crippen LogP contribution >= 0.6 is 0 Å². The van der Waals surface area contributed by atoms with Crippen LogP contribution in [0.1, 0.15) is 60.7 Å². The molecule has 210 valence electrons. The number of rotatable bonds is 12. The first-order valence-corrected chi connectivity index (χ1v) is 15.8. The van der Waals surface area contributed by atoms with Crippen LogP contribution in [0.25, 0.3) is 0 Å². The van der Waals surface area contributed by atoms with E-state index in [0.29, 0.717) is 18.3 Å². The van der Waals surface area contributed by atoms with E-state index in [1.165, 1.54) is 56.9 Å². The summed E-state index contributed by atoms with van der Waals surface area (Å²) < 4.78 is 61.7. The number of carbonyl (C=O) groups is 1. The molecule has 4 rings (SSSR count). The summed E-state index contributed by atoms with van der Waals surface area (Å²) >= 11 is 0. The number of para-hydroxylation sites is 1. The molecule has 1 aliphatic carbocycles. The van der Waals surface area contributed by atoms with Gasteiger partial charge in [0.25, 0.3) is 26.0 Å². The average Bonchev–Trinajstić information content (AvgIpc) is 3.53. The van der Waals surface area contributed by atoms with Gasteiger partial charge in [-0.25, -0.2) is 8.42 Å². The summed E-state index contributed by atoms with van der Waals surface area (Å²) in [6, 6.07) is 13.8. The van der Waals surface area contributed by atoms with Crippen LogP contribution in [-0.4, -0.2) is 28.8 Å². The molecular formula is C27H34N4O6S2. The molecule has 0 unspecified atom stereocenters. The Balaban J connectivity index is 1.42. The Kier molecular flexibility index (Phi) is 8.67. The van der Waals surface area contributed by atoms with Crippen molar-refractivity contribution in [1.29, 1.82) is 0 Å². The van der Waals surface area contributed by atoms with Crippen LogP contribution in [0.15, 0.2) is 69.0 Å². The predicted molar refractivity (Wildman–Crippen MR) is 149 cm³/mol. The Morgan fingerprint density at radius 2 is 1.67 bits per heavy atom. The van der Waals surface area contributed by atoms with Crippen LogP contribution < -0.4 is 20.5 Å². The van der Waals surface area contributed by atoms with E-state index in [9.17, 15) is 21.6 Å². The van der Waals surface area contributed by atoms with Gasteiger partial charge < -0.3 is 15.5 Å². The number of furan rings is 1. The van der Waals surface area contributed by atoms with Crippen molar-refractivity contribution in [3.8, 4) is 0 Å². The second-order valence-electron chi connectivity index (χ2n) is 9.96. The minimum atomic E-state index is -4.17. The van der Waals surface area contributed by atoms with Gasteiger partial charge in [-0.2, -0.15) is 8.42 Å². The Morgan fingerprint density at radius 1 is 1.00 bits per heavy atom. The van der Waals surface area contributed by atoms with E-state index in [4.69, 9.17) is 10.2 Å². The second-order valence-corrected chi connectivity index (χ2v) is 13.3. The van der Waals surface area contributed by atoms with E-state index >= 15 is 0 Å². The molecule has 1 saturated carbocycles. The molecular weight excluding hydrogens is 540 g/mol. The maximum absolute atomic E-state index is 13.1. The third kappa shape index (κ3) is 7.20. The Hall–Kier alpha value is -3.35. The lowest BCUT2D eigenvalue weighted by Gasteiger charge is -2.19. The summed E-state index contributed by atoms with van der Waals surface area (Å²) in [5, 5.41) is 3.04. The molecule has 10 nitrogen and oxygen atoms in total. The first kappa shape index (κ1) is 28.7.